The fourth-order valence-electron chi connectivity index (χ4n) is 4.41. The number of fused-ring (bicyclic) bond motifs is 1. The van der Waals surface area contributed by atoms with Crippen LogP contribution in [0.3, 0.4) is 0 Å². The third kappa shape index (κ3) is 2.84. The molecule has 26 heavy (non-hydrogen) atoms. The Labute approximate surface area is 153 Å². The molecule has 0 aliphatic carbocycles. The molecule has 1 amide bonds. The van der Waals surface area contributed by atoms with Crippen LogP contribution in [0.5, 0.6) is 0 Å². The monoisotopic (exact) mass is 383 g/mol. The van der Waals surface area contributed by atoms with Crippen LogP contribution >= 0.6 is 0 Å². The maximum atomic E-state index is 13.0. The summed E-state index contributed by atoms with van der Waals surface area (Å²) in [6, 6.07) is 0. The second-order valence-electron chi connectivity index (χ2n) is 7.82. The van der Waals surface area contributed by atoms with Gasteiger partial charge in [-0.1, -0.05) is 0 Å². The van der Waals surface area contributed by atoms with Crippen LogP contribution in [0.4, 0.5) is 0 Å². The van der Waals surface area contributed by atoms with Crippen molar-refractivity contribution >= 4 is 15.9 Å². The lowest BCUT2D eigenvalue weighted by Gasteiger charge is -2.39. The summed E-state index contributed by atoms with van der Waals surface area (Å²) < 4.78 is 35.2. The van der Waals surface area contributed by atoms with Crippen LogP contribution in [0.2, 0.25) is 0 Å². The lowest BCUT2D eigenvalue weighted by atomic mass is 9.99. The highest BCUT2D eigenvalue weighted by molar-refractivity contribution is 7.90. The Hall–Kier alpha value is -1.49. The van der Waals surface area contributed by atoms with E-state index < -0.39 is 20.9 Å². The first-order valence-electron chi connectivity index (χ1n) is 8.76. The van der Waals surface area contributed by atoms with Crippen molar-refractivity contribution < 1.29 is 17.9 Å². The molecule has 3 fully saturated rings. The van der Waals surface area contributed by atoms with Crippen molar-refractivity contribution in [2.75, 3.05) is 40.3 Å². The summed E-state index contributed by atoms with van der Waals surface area (Å²) in [5.74, 6) is -0.218. The van der Waals surface area contributed by atoms with Crippen LogP contribution in [-0.2, 0) is 33.1 Å². The molecule has 2 bridgehead atoms. The Kier molecular flexibility index (Phi) is 4.14. The van der Waals surface area contributed by atoms with Crippen LogP contribution in [0.1, 0.15) is 12.0 Å². The van der Waals surface area contributed by atoms with E-state index in [0.717, 1.165) is 18.7 Å². The fraction of sp³-hybridized carbons (Fsp3) is 0.750. The largest absolute Gasteiger partial charge is 0.366 e. The average Bonchev–Trinajstić information content (AvgIpc) is 3.12. The minimum Gasteiger partial charge on any atom is -0.366 e. The van der Waals surface area contributed by atoms with Crippen molar-refractivity contribution in [3.8, 4) is 0 Å². The number of aromatic nitrogens is 2. The van der Waals surface area contributed by atoms with Crippen molar-refractivity contribution in [2.24, 2.45) is 7.05 Å². The van der Waals surface area contributed by atoms with E-state index in [1.165, 1.54) is 9.21 Å². The molecule has 4 rings (SSSR count). The number of carbonyl (C=O) groups excluding carboxylic acids is 1. The van der Waals surface area contributed by atoms with E-state index in [1.807, 2.05) is 19.4 Å². The zero-order chi connectivity index (χ0) is 18.7. The molecule has 3 saturated heterocycles. The number of morpholine rings is 1. The number of sulfonamides is 1. The molecule has 4 heterocycles. The van der Waals surface area contributed by atoms with Crippen LogP contribution in [-0.4, -0.2) is 95.4 Å². The lowest BCUT2D eigenvalue weighted by molar-refractivity contribution is -0.130. The number of ether oxygens (including phenoxy) is 1. The van der Waals surface area contributed by atoms with Gasteiger partial charge in [-0.25, -0.2) is 8.42 Å². The summed E-state index contributed by atoms with van der Waals surface area (Å²) in [6.07, 6.45) is 4.23. The second-order valence-corrected chi connectivity index (χ2v) is 9.94. The Morgan fingerprint density at radius 3 is 2.85 bits per heavy atom. The van der Waals surface area contributed by atoms with Gasteiger partial charge in [-0.3, -0.25) is 14.4 Å². The first-order valence-corrected chi connectivity index (χ1v) is 10.3. The minimum atomic E-state index is -3.53. The van der Waals surface area contributed by atoms with Crippen molar-refractivity contribution in [1.29, 1.82) is 0 Å². The van der Waals surface area contributed by atoms with Gasteiger partial charge in [0.05, 0.1) is 18.8 Å². The van der Waals surface area contributed by atoms with Gasteiger partial charge in [-0.2, -0.15) is 9.40 Å². The normalized spacial score (nSPS) is 33.3. The highest BCUT2D eigenvalue weighted by Crippen LogP contribution is 2.46. The molecule has 0 aromatic carbocycles. The summed E-state index contributed by atoms with van der Waals surface area (Å²) in [4.78, 5) is 15.7. The van der Waals surface area contributed by atoms with Gasteiger partial charge < -0.3 is 9.64 Å². The molecule has 0 N–H and O–H groups in total. The number of likely N-dealkylation sites (tertiary alicyclic amines) is 1. The standard InChI is InChI=1S/C16H25N5O4S/c1-18(2)15(22)9-21-11-16-10-20(7-12-5-17-19(3)6-12)8-13(25-16)4-14(16)26(21,23)24/h5-6,13-14H,4,7-11H2,1-3H3/t13-,14+,16-/m1/s1. The molecular formula is C16H25N5O4S. The van der Waals surface area contributed by atoms with Gasteiger partial charge in [0.15, 0.2) is 0 Å². The van der Waals surface area contributed by atoms with E-state index >= 15 is 0 Å². The van der Waals surface area contributed by atoms with Gasteiger partial charge in [0.25, 0.3) is 0 Å². The smallest absolute Gasteiger partial charge is 0.237 e. The molecule has 1 aromatic rings. The van der Waals surface area contributed by atoms with Crippen molar-refractivity contribution in [3.63, 3.8) is 0 Å². The molecule has 9 nitrogen and oxygen atoms in total. The number of aryl methyl sites for hydroxylation is 1. The summed E-state index contributed by atoms with van der Waals surface area (Å²) in [7, 11) is 1.61. The fourth-order valence-corrected chi connectivity index (χ4v) is 6.67. The highest BCUT2D eigenvalue weighted by atomic mass is 32.2. The summed E-state index contributed by atoms with van der Waals surface area (Å²) in [5, 5.41) is 3.64. The molecule has 3 atom stereocenters. The number of nitrogens with zero attached hydrogens (tertiary/aromatic N) is 5. The zero-order valence-corrected chi connectivity index (χ0v) is 16.1. The molecule has 10 heteroatoms. The van der Waals surface area contributed by atoms with E-state index in [1.54, 1.807) is 18.8 Å². The van der Waals surface area contributed by atoms with Crippen molar-refractivity contribution in [1.82, 2.24) is 23.9 Å². The molecular weight excluding hydrogens is 358 g/mol. The molecule has 144 valence electrons. The average molecular weight is 383 g/mol. The van der Waals surface area contributed by atoms with Gasteiger partial charge in [-0.15, -0.1) is 0 Å². The van der Waals surface area contributed by atoms with Gasteiger partial charge >= 0.3 is 0 Å². The van der Waals surface area contributed by atoms with Crippen molar-refractivity contribution in [3.05, 3.63) is 18.0 Å². The van der Waals surface area contributed by atoms with Gasteiger partial charge in [0.2, 0.25) is 15.9 Å². The van der Waals surface area contributed by atoms with Crippen LogP contribution in [0.15, 0.2) is 12.4 Å². The Balaban J connectivity index is 1.54. The third-order valence-corrected chi connectivity index (χ3v) is 7.88. The molecule has 1 aromatic heterocycles. The number of hydrogen-bond acceptors (Lipinski definition) is 6. The van der Waals surface area contributed by atoms with Crippen LogP contribution in [0, 0.1) is 0 Å². The summed E-state index contributed by atoms with van der Waals surface area (Å²) in [5.41, 5.74) is 0.360. The number of likely N-dealkylation sites (N-methyl/N-ethyl adjacent to an activating group) is 1. The number of carbonyl (C=O) groups is 1. The third-order valence-electron chi connectivity index (χ3n) is 5.56. The second kappa shape index (κ2) is 6.01. The lowest BCUT2D eigenvalue weighted by Crippen LogP contribution is -2.54. The van der Waals surface area contributed by atoms with E-state index in [-0.39, 0.29) is 25.1 Å². The molecule has 1 spiro atoms. The quantitative estimate of drug-likeness (QED) is 0.654. The number of amides is 1. The van der Waals surface area contributed by atoms with E-state index in [0.29, 0.717) is 13.0 Å². The number of rotatable bonds is 4. The summed E-state index contributed by atoms with van der Waals surface area (Å²) >= 11 is 0. The van der Waals surface area contributed by atoms with Crippen molar-refractivity contribution in [2.45, 2.75) is 29.9 Å². The molecule has 0 radical (unpaired) electrons. The van der Waals surface area contributed by atoms with E-state index in [2.05, 4.69) is 10.00 Å². The predicted octanol–water partition coefficient (Wildman–Crippen LogP) is -1.13. The van der Waals surface area contributed by atoms with Crippen LogP contribution < -0.4 is 0 Å². The van der Waals surface area contributed by atoms with E-state index in [9.17, 15) is 13.2 Å². The Morgan fingerprint density at radius 2 is 2.19 bits per heavy atom. The van der Waals surface area contributed by atoms with E-state index in [4.69, 9.17) is 4.74 Å². The Bertz CT molecular complexity index is 822. The first kappa shape index (κ1) is 17.9. The maximum Gasteiger partial charge on any atom is 0.237 e. The zero-order valence-electron chi connectivity index (χ0n) is 15.3. The number of hydrogen-bond donors (Lipinski definition) is 0. The topological polar surface area (TPSA) is 88.0 Å². The molecule has 3 aliphatic heterocycles. The molecule has 3 aliphatic rings. The predicted molar refractivity (Wildman–Crippen MR) is 93.7 cm³/mol. The van der Waals surface area contributed by atoms with Gasteiger partial charge in [0.1, 0.15) is 10.9 Å². The molecule has 0 unspecified atom stereocenters. The van der Waals surface area contributed by atoms with Crippen LogP contribution in [0.25, 0.3) is 0 Å². The van der Waals surface area contributed by atoms with Gasteiger partial charge in [0, 0.05) is 59.1 Å². The Morgan fingerprint density at radius 1 is 1.42 bits per heavy atom. The van der Waals surface area contributed by atoms with Gasteiger partial charge in [-0.05, 0) is 6.42 Å². The first-order chi connectivity index (χ1) is 12.2. The molecule has 0 saturated carbocycles. The minimum absolute atomic E-state index is 0.0769. The summed E-state index contributed by atoms with van der Waals surface area (Å²) in [6.45, 7) is 2.12. The highest BCUT2D eigenvalue weighted by Gasteiger charge is 2.65. The SMILES string of the molecule is CN(C)C(=O)CN1C[C@]23CN(Cc4cnn(C)c4)C[C@@H](C[C@@H]2S1(=O)=O)O3. The maximum absolute atomic E-state index is 13.0.